The first kappa shape index (κ1) is 21.7. The van der Waals surface area contributed by atoms with Crippen molar-refractivity contribution in [3.8, 4) is 0 Å². The van der Waals surface area contributed by atoms with Crippen molar-refractivity contribution in [1.29, 1.82) is 0 Å². The monoisotopic (exact) mass is 364 g/mol. The molecule has 0 N–H and O–H groups in total. The summed E-state index contributed by atoms with van der Waals surface area (Å²) in [6, 6.07) is 3.68. The first-order valence-corrected chi connectivity index (χ1v) is 10.3. The van der Waals surface area contributed by atoms with E-state index >= 15 is 0 Å². The Hall–Kier alpha value is -1.33. The maximum atomic E-state index is 12.3. The number of allylic oxidation sites excluding steroid dienone is 1. The Morgan fingerprint density at radius 1 is 1.36 bits per heavy atom. The minimum atomic E-state index is 0.0416. The average molecular weight is 365 g/mol. The third-order valence-electron chi connectivity index (χ3n) is 4.40. The fourth-order valence-corrected chi connectivity index (χ4v) is 3.61. The summed E-state index contributed by atoms with van der Waals surface area (Å²) in [5, 5.41) is 1.06. The van der Waals surface area contributed by atoms with Crippen LogP contribution in [0.15, 0.2) is 32.5 Å². The van der Waals surface area contributed by atoms with Gasteiger partial charge in [-0.15, -0.1) is 11.8 Å². The summed E-state index contributed by atoms with van der Waals surface area (Å²) in [6.45, 7) is 13.6. The molecule has 1 fully saturated rings. The zero-order chi connectivity index (χ0) is 19.0. The van der Waals surface area contributed by atoms with Crippen molar-refractivity contribution in [2.45, 2.75) is 60.4 Å². The number of thioether (sulfide) groups is 1. The lowest BCUT2D eigenvalue weighted by Gasteiger charge is -2.18. The number of hydrogen-bond acceptors (Lipinski definition) is 4. The van der Waals surface area contributed by atoms with Gasteiger partial charge < -0.3 is 9.30 Å². The van der Waals surface area contributed by atoms with Crippen LogP contribution in [0.25, 0.3) is 0 Å². The van der Waals surface area contributed by atoms with Gasteiger partial charge >= 0.3 is 0 Å². The number of hydrogen-bond donors (Lipinski definition) is 0. The number of pyridine rings is 1. The topological polar surface area (TPSA) is 43.6 Å². The molecule has 4 nitrogen and oxygen atoms in total. The van der Waals surface area contributed by atoms with Gasteiger partial charge in [0, 0.05) is 29.6 Å². The van der Waals surface area contributed by atoms with Crippen molar-refractivity contribution >= 4 is 17.5 Å². The number of nitrogens with zero attached hydrogens (tertiary/aromatic N) is 2. The minimum Gasteiger partial charge on any atom is -0.379 e. The lowest BCUT2D eigenvalue weighted by atomic mass is 10.1. The van der Waals surface area contributed by atoms with Crippen molar-refractivity contribution in [2.24, 2.45) is 4.99 Å². The van der Waals surface area contributed by atoms with Crippen LogP contribution in [0.1, 0.15) is 64.8 Å². The smallest absolute Gasteiger partial charge is 0.251 e. The van der Waals surface area contributed by atoms with Crippen LogP contribution in [-0.4, -0.2) is 29.7 Å². The van der Waals surface area contributed by atoms with Gasteiger partial charge in [0.2, 0.25) is 0 Å². The molecule has 1 aromatic rings. The van der Waals surface area contributed by atoms with Gasteiger partial charge in [-0.2, -0.15) is 0 Å². The molecule has 5 heteroatoms. The summed E-state index contributed by atoms with van der Waals surface area (Å²) in [5.41, 5.74) is 4.29. The van der Waals surface area contributed by atoms with E-state index in [0.29, 0.717) is 6.61 Å². The van der Waals surface area contributed by atoms with Crippen molar-refractivity contribution in [3.05, 3.63) is 44.3 Å². The highest BCUT2D eigenvalue weighted by Gasteiger charge is 2.21. The Morgan fingerprint density at radius 2 is 2.04 bits per heavy atom. The van der Waals surface area contributed by atoms with E-state index in [0.717, 1.165) is 41.4 Å². The quantitative estimate of drug-likeness (QED) is 0.694. The highest BCUT2D eigenvalue weighted by Crippen LogP contribution is 2.24. The van der Waals surface area contributed by atoms with Crippen molar-refractivity contribution in [1.82, 2.24) is 4.57 Å². The second kappa shape index (κ2) is 10.6. The summed E-state index contributed by atoms with van der Waals surface area (Å²) in [5.74, 6) is 0. The molecule has 25 heavy (non-hydrogen) atoms. The first-order valence-electron chi connectivity index (χ1n) is 9.08. The molecule has 1 aromatic heterocycles. The van der Waals surface area contributed by atoms with Crippen molar-refractivity contribution in [2.75, 3.05) is 19.5 Å². The van der Waals surface area contributed by atoms with Crippen molar-refractivity contribution < 1.29 is 4.74 Å². The van der Waals surface area contributed by atoms with Gasteiger partial charge in [0.05, 0.1) is 17.7 Å². The van der Waals surface area contributed by atoms with Crippen LogP contribution in [0, 0.1) is 6.92 Å². The fraction of sp³-hybridized carbons (Fsp3) is 0.600. The predicted molar refractivity (Wildman–Crippen MR) is 110 cm³/mol. The number of ether oxygens (including phenoxy) is 1. The summed E-state index contributed by atoms with van der Waals surface area (Å²) in [7, 11) is 0. The lowest BCUT2D eigenvalue weighted by Crippen LogP contribution is -2.28. The molecule has 0 saturated carbocycles. The van der Waals surface area contributed by atoms with E-state index in [9.17, 15) is 4.79 Å². The van der Waals surface area contributed by atoms with Gasteiger partial charge in [-0.05, 0) is 51.5 Å². The Balaban J connectivity index is 0.00000151. The van der Waals surface area contributed by atoms with Crippen LogP contribution in [0.5, 0.6) is 0 Å². The molecule has 2 heterocycles. The third-order valence-corrected chi connectivity index (χ3v) is 5.23. The molecule has 1 unspecified atom stereocenters. The normalized spacial score (nSPS) is 18.5. The molecule has 0 aromatic carbocycles. The van der Waals surface area contributed by atoms with Gasteiger partial charge in [-0.3, -0.25) is 4.79 Å². The second-order valence-corrected chi connectivity index (χ2v) is 6.69. The first-order chi connectivity index (χ1) is 12.0. The standard InChI is InChI=1S/C18H26N2O2S.C2H6/c1-6-12(2)18(23-5)19-13(3)16-7-8-17(21)20(14(16)4)15-9-10-22-11-15;1-2/h7-8,15H,6,9-11H2,1-5H3;1-2H3/b18-12-,19-13-;. The number of aromatic nitrogens is 1. The van der Waals surface area contributed by atoms with E-state index in [4.69, 9.17) is 9.73 Å². The predicted octanol–water partition coefficient (Wildman–Crippen LogP) is 4.96. The number of rotatable bonds is 5. The third kappa shape index (κ3) is 5.32. The Bertz CT molecular complexity index is 683. The van der Waals surface area contributed by atoms with Gasteiger partial charge in [0.25, 0.3) is 5.56 Å². The molecule has 2 rings (SSSR count). The Morgan fingerprint density at radius 3 is 2.56 bits per heavy atom. The van der Waals surface area contributed by atoms with Crippen LogP contribution < -0.4 is 5.56 Å². The Labute approximate surface area is 156 Å². The van der Waals surface area contributed by atoms with E-state index in [1.807, 2.05) is 38.3 Å². The second-order valence-electron chi connectivity index (χ2n) is 5.90. The maximum Gasteiger partial charge on any atom is 0.251 e. The van der Waals surface area contributed by atoms with Crippen LogP contribution in [0.4, 0.5) is 0 Å². The molecule has 1 aliphatic heterocycles. The van der Waals surface area contributed by atoms with Crippen LogP contribution in [-0.2, 0) is 4.74 Å². The fourth-order valence-electron chi connectivity index (χ4n) is 2.89. The molecule has 1 atom stereocenters. The van der Waals surface area contributed by atoms with Crippen LogP contribution in [0.2, 0.25) is 0 Å². The zero-order valence-corrected chi connectivity index (χ0v) is 17.5. The molecule has 1 saturated heterocycles. The molecule has 0 aliphatic carbocycles. The molecular formula is C20H32N2O2S. The van der Waals surface area contributed by atoms with Crippen LogP contribution >= 0.6 is 11.8 Å². The van der Waals surface area contributed by atoms with E-state index in [1.54, 1.807) is 17.8 Å². The SMILES string of the molecule is CC.CC/C(C)=C(/N=C(/C)c1ccc(=O)n(C2CCOC2)c1C)SC. The molecular weight excluding hydrogens is 332 g/mol. The van der Waals surface area contributed by atoms with Crippen molar-refractivity contribution in [3.63, 3.8) is 0 Å². The van der Waals surface area contributed by atoms with E-state index in [2.05, 4.69) is 20.1 Å². The lowest BCUT2D eigenvalue weighted by molar-refractivity contribution is 0.185. The van der Waals surface area contributed by atoms with Gasteiger partial charge in [-0.1, -0.05) is 20.8 Å². The van der Waals surface area contributed by atoms with Gasteiger partial charge in [0.15, 0.2) is 0 Å². The van der Waals surface area contributed by atoms with Gasteiger partial charge in [-0.25, -0.2) is 4.99 Å². The zero-order valence-electron chi connectivity index (χ0n) is 16.7. The average Bonchev–Trinajstić information content (AvgIpc) is 3.14. The number of aliphatic imine (C=N–C) groups is 1. The summed E-state index contributed by atoms with van der Waals surface area (Å²) >= 11 is 1.67. The highest BCUT2D eigenvalue weighted by molar-refractivity contribution is 8.02. The maximum absolute atomic E-state index is 12.3. The van der Waals surface area contributed by atoms with Crippen LogP contribution in [0.3, 0.4) is 0 Å². The minimum absolute atomic E-state index is 0.0416. The van der Waals surface area contributed by atoms with E-state index < -0.39 is 0 Å². The largest absolute Gasteiger partial charge is 0.379 e. The molecule has 1 aliphatic rings. The molecule has 0 bridgehead atoms. The highest BCUT2D eigenvalue weighted by atomic mass is 32.2. The molecule has 0 radical (unpaired) electrons. The summed E-state index contributed by atoms with van der Waals surface area (Å²) in [4.78, 5) is 17.1. The van der Waals surface area contributed by atoms with E-state index in [-0.39, 0.29) is 11.6 Å². The Kier molecular flexibility index (Phi) is 9.22. The van der Waals surface area contributed by atoms with Gasteiger partial charge in [0.1, 0.15) is 0 Å². The molecule has 140 valence electrons. The van der Waals surface area contributed by atoms with E-state index in [1.165, 1.54) is 5.57 Å². The summed E-state index contributed by atoms with van der Waals surface area (Å²) in [6.07, 6.45) is 3.94. The summed E-state index contributed by atoms with van der Waals surface area (Å²) < 4.78 is 7.32. The molecule has 0 amide bonds. The molecule has 0 spiro atoms.